The van der Waals surface area contributed by atoms with Gasteiger partial charge in [-0.15, -0.1) is 0 Å². The molecule has 0 radical (unpaired) electrons. The predicted molar refractivity (Wildman–Crippen MR) is 83.4 cm³/mol. The lowest BCUT2D eigenvalue weighted by Gasteiger charge is -2.35. The lowest BCUT2D eigenvalue weighted by atomic mass is 10.1. The van der Waals surface area contributed by atoms with Gasteiger partial charge in [0.1, 0.15) is 29.1 Å². The summed E-state index contributed by atoms with van der Waals surface area (Å²) in [6.45, 7) is 1.68. The average molecular weight is 328 g/mol. The first-order valence-electron chi connectivity index (χ1n) is 7.44. The van der Waals surface area contributed by atoms with Gasteiger partial charge in [-0.3, -0.25) is 4.79 Å². The molecular weight excluding hydrogens is 314 g/mol. The van der Waals surface area contributed by atoms with Gasteiger partial charge in [0.15, 0.2) is 0 Å². The first kappa shape index (κ1) is 15.9. The zero-order chi connectivity index (χ0) is 17.1. The number of halogens is 2. The zero-order valence-corrected chi connectivity index (χ0v) is 12.7. The van der Waals surface area contributed by atoms with E-state index in [-0.39, 0.29) is 0 Å². The molecule has 0 atom stereocenters. The highest BCUT2D eigenvalue weighted by Crippen LogP contribution is 2.18. The molecule has 0 saturated carbocycles. The monoisotopic (exact) mass is 328 g/mol. The number of hydrogen-bond acceptors (Lipinski definition) is 4. The Kier molecular flexibility index (Phi) is 4.38. The smallest absolute Gasteiger partial charge is 0.259 e. The van der Waals surface area contributed by atoms with Crippen molar-refractivity contribution in [2.75, 3.05) is 31.1 Å². The summed E-state index contributed by atoms with van der Waals surface area (Å²) >= 11 is 0. The van der Waals surface area contributed by atoms with Crippen LogP contribution in [0.15, 0.2) is 36.5 Å². The van der Waals surface area contributed by atoms with Crippen molar-refractivity contribution >= 4 is 11.7 Å². The van der Waals surface area contributed by atoms with Gasteiger partial charge in [0, 0.05) is 32.4 Å². The van der Waals surface area contributed by atoms with E-state index in [4.69, 9.17) is 5.26 Å². The number of nitrogens with zero attached hydrogens (tertiary/aromatic N) is 4. The van der Waals surface area contributed by atoms with Crippen LogP contribution in [0.2, 0.25) is 0 Å². The molecule has 0 unspecified atom stereocenters. The van der Waals surface area contributed by atoms with Crippen molar-refractivity contribution < 1.29 is 13.6 Å². The van der Waals surface area contributed by atoms with E-state index in [1.807, 2.05) is 11.0 Å². The van der Waals surface area contributed by atoms with Gasteiger partial charge < -0.3 is 9.80 Å². The minimum absolute atomic E-state index is 0.342. The van der Waals surface area contributed by atoms with Crippen LogP contribution in [-0.4, -0.2) is 42.0 Å². The summed E-state index contributed by atoms with van der Waals surface area (Å²) in [5.74, 6) is -1.64. The Labute approximate surface area is 137 Å². The van der Waals surface area contributed by atoms with Gasteiger partial charge >= 0.3 is 0 Å². The lowest BCUT2D eigenvalue weighted by Crippen LogP contribution is -2.49. The molecule has 24 heavy (non-hydrogen) atoms. The molecule has 122 valence electrons. The maximum atomic E-state index is 13.7. The maximum absolute atomic E-state index is 13.7. The van der Waals surface area contributed by atoms with E-state index < -0.39 is 23.1 Å². The number of benzene rings is 1. The fourth-order valence-electron chi connectivity index (χ4n) is 2.64. The van der Waals surface area contributed by atoms with Crippen molar-refractivity contribution in [1.29, 1.82) is 5.26 Å². The number of rotatable bonds is 2. The zero-order valence-electron chi connectivity index (χ0n) is 12.7. The number of amides is 1. The molecule has 0 bridgehead atoms. The normalized spacial score (nSPS) is 14.4. The number of aromatic nitrogens is 1. The Balaban J connectivity index is 1.68. The van der Waals surface area contributed by atoms with Crippen molar-refractivity contribution in [3.05, 3.63) is 59.3 Å². The molecule has 1 aliphatic heterocycles. The van der Waals surface area contributed by atoms with E-state index in [1.54, 1.807) is 12.1 Å². The van der Waals surface area contributed by atoms with Crippen molar-refractivity contribution in [2.24, 2.45) is 0 Å². The fourth-order valence-corrected chi connectivity index (χ4v) is 2.64. The van der Waals surface area contributed by atoms with Crippen molar-refractivity contribution in [3.63, 3.8) is 0 Å². The first-order valence-corrected chi connectivity index (χ1v) is 7.44. The summed E-state index contributed by atoms with van der Waals surface area (Å²) in [7, 11) is 0. The summed E-state index contributed by atoms with van der Waals surface area (Å²) < 4.78 is 27.5. The van der Waals surface area contributed by atoms with Gasteiger partial charge in [0.05, 0.1) is 5.56 Å². The Hall–Kier alpha value is -3.01. The highest BCUT2D eigenvalue weighted by molar-refractivity contribution is 5.95. The molecule has 1 saturated heterocycles. The summed E-state index contributed by atoms with van der Waals surface area (Å²) in [4.78, 5) is 19.9. The molecule has 1 amide bonds. The third-order valence-electron chi connectivity index (χ3n) is 3.94. The molecule has 2 heterocycles. The molecule has 0 spiro atoms. The Morgan fingerprint density at radius 2 is 1.75 bits per heavy atom. The second-order valence-corrected chi connectivity index (χ2v) is 5.39. The first-order chi connectivity index (χ1) is 11.6. The van der Waals surface area contributed by atoms with Crippen molar-refractivity contribution in [1.82, 2.24) is 9.88 Å². The van der Waals surface area contributed by atoms with Gasteiger partial charge in [-0.25, -0.2) is 13.8 Å². The highest BCUT2D eigenvalue weighted by Gasteiger charge is 2.26. The van der Waals surface area contributed by atoms with Gasteiger partial charge in [0.25, 0.3) is 5.91 Å². The van der Waals surface area contributed by atoms with Crippen LogP contribution >= 0.6 is 0 Å². The van der Waals surface area contributed by atoms with Crippen LogP contribution in [0, 0.1) is 23.0 Å². The van der Waals surface area contributed by atoms with Crippen molar-refractivity contribution in [2.45, 2.75) is 0 Å². The molecule has 0 N–H and O–H groups in total. The minimum atomic E-state index is -0.851. The topological polar surface area (TPSA) is 60.2 Å². The SMILES string of the molecule is N#Cc1ccc(N2CCN(C(=O)c3c(F)cccc3F)CC2)nc1. The van der Waals surface area contributed by atoms with Crippen molar-refractivity contribution in [3.8, 4) is 6.07 Å². The molecule has 7 heteroatoms. The number of carbonyl (C=O) groups is 1. The molecular formula is C17H14F2N4O. The number of pyridine rings is 1. The average Bonchev–Trinajstić information content (AvgIpc) is 2.62. The molecule has 1 aliphatic rings. The molecule has 1 aromatic heterocycles. The quantitative estimate of drug-likeness (QED) is 0.848. The van der Waals surface area contributed by atoms with Crippen LogP contribution < -0.4 is 4.90 Å². The molecule has 1 aromatic carbocycles. The molecule has 3 rings (SSSR count). The van der Waals surface area contributed by atoms with E-state index in [0.717, 1.165) is 12.1 Å². The molecule has 1 fully saturated rings. The Morgan fingerprint density at radius 3 is 2.29 bits per heavy atom. The van der Waals surface area contributed by atoms with E-state index >= 15 is 0 Å². The largest absolute Gasteiger partial charge is 0.353 e. The molecule has 5 nitrogen and oxygen atoms in total. The van der Waals surface area contributed by atoms with Crippen LogP contribution in [0.25, 0.3) is 0 Å². The van der Waals surface area contributed by atoms with Crippen LogP contribution in [0.4, 0.5) is 14.6 Å². The molecule has 2 aromatic rings. The fraction of sp³-hybridized carbons (Fsp3) is 0.235. The number of anilines is 1. The van der Waals surface area contributed by atoms with Gasteiger partial charge in [-0.1, -0.05) is 6.07 Å². The van der Waals surface area contributed by atoms with Gasteiger partial charge in [-0.2, -0.15) is 5.26 Å². The standard InChI is InChI=1S/C17H14F2N4O/c18-13-2-1-3-14(19)16(13)17(24)23-8-6-22(7-9-23)15-5-4-12(10-20)11-21-15/h1-5,11H,6-9H2. The number of piperazine rings is 1. The van der Waals surface area contributed by atoms with Crippen LogP contribution in [0.5, 0.6) is 0 Å². The van der Waals surface area contributed by atoms with E-state index in [1.165, 1.54) is 17.2 Å². The van der Waals surface area contributed by atoms with E-state index in [2.05, 4.69) is 4.98 Å². The third-order valence-corrected chi connectivity index (χ3v) is 3.94. The van der Waals surface area contributed by atoms with Crippen LogP contribution in [0.1, 0.15) is 15.9 Å². The number of hydrogen-bond donors (Lipinski definition) is 0. The Bertz CT molecular complexity index is 773. The summed E-state index contributed by atoms with van der Waals surface area (Å²) in [6.07, 6.45) is 1.49. The summed E-state index contributed by atoms with van der Waals surface area (Å²) in [5.41, 5.74) is -0.0370. The van der Waals surface area contributed by atoms with Gasteiger partial charge in [0.2, 0.25) is 0 Å². The summed E-state index contributed by atoms with van der Waals surface area (Å²) in [5, 5.41) is 8.78. The molecule has 0 aliphatic carbocycles. The maximum Gasteiger partial charge on any atom is 0.259 e. The third kappa shape index (κ3) is 3.04. The number of carbonyl (C=O) groups excluding carboxylic acids is 1. The van der Waals surface area contributed by atoms with E-state index in [0.29, 0.717) is 37.6 Å². The van der Waals surface area contributed by atoms with Crippen LogP contribution in [0.3, 0.4) is 0 Å². The second-order valence-electron chi connectivity index (χ2n) is 5.39. The predicted octanol–water partition coefficient (Wildman–Crippen LogP) is 2.19. The Morgan fingerprint density at radius 1 is 1.08 bits per heavy atom. The minimum Gasteiger partial charge on any atom is -0.353 e. The van der Waals surface area contributed by atoms with Gasteiger partial charge in [-0.05, 0) is 24.3 Å². The lowest BCUT2D eigenvalue weighted by molar-refractivity contribution is 0.0736. The summed E-state index contributed by atoms with van der Waals surface area (Å²) in [6, 6.07) is 8.81. The number of nitriles is 1. The second kappa shape index (κ2) is 6.62. The van der Waals surface area contributed by atoms with Crippen LogP contribution in [-0.2, 0) is 0 Å². The van der Waals surface area contributed by atoms with E-state index in [9.17, 15) is 13.6 Å². The highest BCUT2D eigenvalue weighted by atomic mass is 19.1.